The Labute approximate surface area is 130 Å². The van der Waals surface area contributed by atoms with Crippen molar-refractivity contribution in [2.75, 3.05) is 19.7 Å². The van der Waals surface area contributed by atoms with Crippen LogP contribution in [0.4, 0.5) is 4.79 Å². The third-order valence-electron chi connectivity index (χ3n) is 2.82. The zero-order chi connectivity index (χ0) is 15.7. The van der Waals surface area contributed by atoms with E-state index in [-0.39, 0.29) is 18.1 Å². The first kappa shape index (κ1) is 17.6. The van der Waals surface area contributed by atoms with Gasteiger partial charge in [-0.3, -0.25) is 0 Å². The van der Waals surface area contributed by atoms with Crippen molar-refractivity contribution in [1.82, 2.24) is 10.6 Å². The second kappa shape index (κ2) is 9.47. The van der Waals surface area contributed by atoms with Crippen LogP contribution in [0.1, 0.15) is 20.3 Å². The molecule has 0 aliphatic rings. The van der Waals surface area contributed by atoms with Gasteiger partial charge in [0.25, 0.3) is 0 Å². The van der Waals surface area contributed by atoms with E-state index in [2.05, 4.69) is 10.6 Å². The van der Waals surface area contributed by atoms with Crippen LogP contribution >= 0.6 is 11.6 Å². The van der Waals surface area contributed by atoms with Gasteiger partial charge >= 0.3 is 6.03 Å². The molecule has 0 aliphatic carbocycles. The zero-order valence-electron chi connectivity index (χ0n) is 12.4. The highest BCUT2D eigenvalue weighted by Gasteiger charge is 2.07. The van der Waals surface area contributed by atoms with Gasteiger partial charge in [0.15, 0.2) is 0 Å². The molecule has 0 fully saturated rings. The molecule has 0 bridgehead atoms. The molecule has 0 radical (unpaired) electrons. The number of rotatable bonds is 8. The third kappa shape index (κ3) is 8.42. The van der Waals surface area contributed by atoms with Crippen molar-refractivity contribution in [2.24, 2.45) is 5.92 Å². The Morgan fingerprint density at radius 2 is 1.95 bits per heavy atom. The predicted octanol–water partition coefficient (Wildman–Crippen LogP) is 2.43. The number of hydrogen-bond acceptors (Lipinski definition) is 3. The Bertz CT molecular complexity index is 423. The van der Waals surface area contributed by atoms with E-state index in [0.29, 0.717) is 36.9 Å². The van der Waals surface area contributed by atoms with Crippen molar-refractivity contribution in [2.45, 2.75) is 26.4 Å². The minimum Gasteiger partial charge on any atom is -0.492 e. The van der Waals surface area contributed by atoms with Gasteiger partial charge in [0, 0.05) is 11.6 Å². The number of aliphatic hydroxyl groups is 1. The van der Waals surface area contributed by atoms with Crippen LogP contribution in [0.5, 0.6) is 5.75 Å². The van der Waals surface area contributed by atoms with Gasteiger partial charge in [-0.2, -0.15) is 0 Å². The van der Waals surface area contributed by atoms with Crippen LogP contribution in [0.15, 0.2) is 24.3 Å². The quantitative estimate of drug-likeness (QED) is 0.645. The van der Waals surface area contributed by atoms with Crippen molar-refractivity contribution in [3.8, 4) is 5.75 Å². The first-order chi connectivity index (χ1) is 9.97. The largest absolute Gasteiger partial charge is 0.492 e. The molecule has 0 saturated carbocycles. The standard InChI is InChI=1S/C15H23ClN2O3/c1-11(9-12(2)19)10-18-15(20)17-7-8-21-14-5-3-13(16)4-6-14/h3-6,11-12,19H,7-10H2,1-2H3,(H2,17,18,20). The molecule has 1 rings (SSSR count). The highest BCUT2D eigenvalue weighted by molar-refractivity contribution is 6.30. The topological polar surface area (TPSA) is 70.6 Å². The van der Waals surface area contributed by atoms with Gasteiger partial charge in [-0.15, -0.1) is 0 Å². The number of hydrogen-bond donors (Lipinski definition) is 3. The SMILES string of the molecule is CC(O)CC(C)CNC(=O)NCCOc1ccc(Cl)cc1. The van der Waals surface area contributed by atoms with Crippen LogP contribution in [0.2, 0.25) is 5.02 Å². The molecule has 0 spiro atoms. The number of halogens is 1. The van der Waals surface area contributed by atoms with Crippen LogP contribution in [0.3, 0.4) is 0 Å². The predicted molar refractivity (Wildman–Crippen MR) is 83.8 cm³/mol. The smallest absolute Gasteiger partial charge is 0.314 e. The number of carbonyl (C=O) groups excluding carboxylic acids is 1. The van der Waals surface area contributed by atoms with E-state index in [0.717, 1.165) is 0 Å². The number of nitrogens with one attached hydrogen (secondary N) is 2. The average Bonchev–Trinajstić information content (AvgIpc) is 2.42. The summed E-state index contributed by atoms with van der Waals surface area (Å²) >= 11 is 5.77. The van der Waals surface area contributed by atoms with Crippen LogP contribution in [0.25, 0.3) is 0 Å². The molecule has 2 amide bonds. The molecule has 5 nitrogen and oxygen atoms in total. The minimum absolute atomic E-state index is 0.229. The minimum atomic E-state index is -0.349. The maximum atomic E-state index is 11.5. The highest BCUT2D eigenvalue weighted by atomic mass is 35.5. The molecule has 0 aromatic heterocycles. The summed E-state index contributed by atoms with van der Waals surface area (Å²) in [5.74, 6) is 0.952. The second-order valence-electron chi connectivity index (χ2n) is 5.13. The number of aliphatic hydroxyl groups excluding tert-OH is 1. The molecule has 1 aromatic rings. The molecule has 6 heteroatoms. The lowest BCUT2D eigenvalue weighted by molar-refractivity contribution is 0.163. The van der Waals surface area contributed by atoms with E-state index in [1.54, 1.807) is 31.2 Å². The summed E-state index contributed by atoms with van der Waals surface area (Å²) < 4.78 is 5.46. The number of benzene rings is 1. The van der Waals surface area contributed by atoms with Crippen LogP contribution < -0.4 is 15.4 Å². The van der Waals surface area contributed by atoms with E-state index < -0.39 is 0 Å². The Morgan fingerprint density at radius 1 is 1.29 bits per heavy atom. The first-order valence-electron chi connectivity index (χ1n) is 7.05. The van der Waals surface area contributed by atoms with Gasteiger partial charge in [-0.1, -0.05) is 18.5 Å². The normalized spacial score (nSPS) is 13.3. The Hall–Kier alpha value is -1.46. The maximum Gasteiger partial charge on any atom is 0.314 e. The number of urea groups is 1. The summed E-state index contributed by atoms with van der Waals surface area (Å²) in [7, 11) is 0. The fourth-order valence-corrected chi connectivity index (χ4v) is 1.99. The number of carbonyl (C=O) groups is 1. The van der Waals surface area contributed by atoms with Gasteiger partial charge < -0.3 is 20.5 Å². The fraction of sp³-hybridized carbons (Fsp3) is 0.533. The van der Waals surface area contributed by atoms with Crippen molar-refractivity contribution >= 4 is 17.6 Å². The second-order valence-corrected chi connectivity index (χ2v) is 5.57. The highest BCUT2D eigenvalue weighted by Crippen LogP contribution is 2.15. The summed E-state index contributed by atoms with van der Waals surface area (Å²) in [5.41, 5.74) is 0. The lowest BCUT2D eigenvalue weighted by atomic mass is 10.1. The van der Waals surface area contributed by atoms with Crippen molar-refractivity contribution in [3.05, 3.63) is 29.3 Å². The molecular weight excluding hydrogens is 292 g/mol. The Morgan fingerprint density at radius 3 is 2.57 bits per heavy atom. The van der Waals surface area contributed by atoms with Crippen LogP contribution in [-0.2, 0) is 0 Å². The summed E-state index contributed by atoms with van der Waals surface area (Å²) in [4.78, 5) is 11.5. The molecule has 0 saturated heterocycles. The van der Waals surface area contributed by atoms with E-state index in [1.165, 1.54) is 0 Å². The molecule has 1 aromatic carbocycles. The zero-order valence-corrected chi connectivity index (χ0v) is 13.2. The maximum absolute atomic E-state index is 11.5. The van der Waals surface area contributed by atoms with Gasteiger partial charge in [-0.25, -0.2) is 4.79 Å². The number of amides is 2. The van der Waals surface area contributed by atoms with E-state index in [9.17, 15) is 9.90 Å². The lowest BCUT2D eigenvalue weighted by Gasteiger charge is -2.14. The molecule has 3 N–H and O–H groups in total. The summed E-state index contributed by atoms with van der Waals surface area (Å²) in [6.07, 6.45) is 0.317. The van der Waals surface area contributed by atoms with E-state index >= 15 is 0 Å². The molecule has 0 aliphatic heterocycles. The molecule has 2 atom stereocenters. The molecule has 21 heavy (non-hydrogen) atoms. The van der Waals surface area contributed by atoms with E-state index in [1.807, 2.05) is 6.92 Å². The first-order valence-corrected chi connectivity index (χ1v) is 7.43. The summed E-state index contributed by atoms with van der Waals surface area (Å²) in [6, 6.07) is 6.83. The average molecular weight is 315 g/mol. The third-order valence-corrected chi connectivity index (χ3v) is 3.08. The van der Waals surface area contributed by atoms with Crippen molar-refractivity contribution in [3.63, 3.8) is 0 Å². The van der Waals surface area contributed by atoms with Gasteiger partial charge in [0.05, 0.1) is 12.6 Å². The van der Waals surface area contributed by atoms with Crippen molar-refractivity contribution < 1.29 is 14.6 Å². The fourth-order valence-electron chi connectivity index (χ4n) is 1.86. The summed E-state index contributed by atoms with van der Waals surface area (Å²) in [5, 5.41) is 15.4. The van der Waals surface area contributed by atoms with Gasteiger partial charge in [-0.05, 0) is 43.5 Å². The molecule has 118 valence electrons. The van der Waals surface area contributed by atoms with Gasteiger partial charge in [0.2, 0.25) is 0 Å². The van der Waals surface area contributed by atoms with Crippen LogP contribution in [-0.4, -0.2) is 36.9 Å². The van der Waals surface area contributed by atoms with Gasteiger partial charge in [0.1, 0.15) is 12.4 Å². The molecule has 0 heterocycles. The monoisotopic (exact) mass is 314 g/mol. The molecule has 2 unspecified atom stereocenters. The Balaban J connectivity index is 2.09. The Kier molecular flexibility index (Phi) is 7.93. The van der Waals surface area contributed by atoms with Crippen LogP contribution in [0, 0.1) is 5.92 Å². The number of ether oxygens (including phenoxy) is 1. The van der Waals surface area contributed by atoms with E-state index in [4.69, 9.17) is 16.3 Å². The van der Waals surface area contributed by atoms with Crippen molar-refractivity contribution in [1.29, 1.82) is 0 Å². The molecular formula is C15H23ClN2O3. The summed E-state index contributed by atoms with van der Waals surface area (Å²) in [6.45, 7) is 5.06. The lowest BCUT2D eigenvalue weighted by Crippen LogP contribution is -2.39.